The number of rotatable bonds is 5. The molecule has 0 spiro atoms. The van der Waals surface area contributed by atoms with Crippen molar-refractivity contribution in [2.75, 3.05) is 31.0 Å². The molecule has 0 fully saturated rings. The summed E-state index contributed by atoms with van der Waals surface area (Å²) in [5.41, 5.74) is 7.70. The van der Waals surface area contributed by atoms with E-state index in [2.05, 4.69) is 15.1 Å². The zero-order valence-electron chi connectivity index (χ0n) is 17.6. The number of anilines is 4. The van der Waals surface area contributed by atoms with Gasteiger partial charge in [0.1, 0.15) is 19.8 Å². The van der Waals surface area contributed by atoms with E-state index < -0.39 is 11.8 Å². The van der Waals surface area contributed by atoms with Crippen LogP contribution >= 0.6 is 0 Å². The second-order valence-electron chi connectivity index (χ2n) is 7.19. The molecule has 0 amide bonds. The van der Waals surface area contributed by atoms with Crippen LogP contribution in [0.5, 0.6) is 11.5 Å². The first-order valence-corrected chi connectivity index (χ1v) is 10.0. The molecule has 10 nitrogen and oxygen atoms in total. The highest BCUT2D eigenvalue weighted by atomic mass is 19.1. The van der Waals surface area contributed by atoms with Crippen molar-refractivity contribution in [2.24, 2.45) is 0 Å². The SMILES string of the molecule is COC(=O)Cn1ncc2ccc(N(c3ccc4c(c3)OCCO4)c3ncc(F)c(N)n3)cc21. The van der Waals surface area contributed by atoms with Crippen molar-refractivity contribution in [3.05, 3.63) is 54.6 Å². The van der Waals surface area contributed by atoms with E-state index in [0.29, 0.717) is 41.6 Å². The second-order valence-corrected chi connectivity index (χ2v) is 7.19. The average Bonchev–Trinajstić information content (AvgIpc) is 3.23. The van der Waals surface area contributed by atoms with Crippen molar-refractivity contribution in [2.45, 2.75) is 6.54 Å². The van der Waals surface area contributed by atoms with Crippen molar-refractivity contribution in [3.8, 4) is 11.5 Å². The average molecular weight is 450 g/mol. The summed E-state index contributed by atoms with van der Waals surface area (Å²) in [5.74, 6) is -0.0775. The van der Waals surface area contributed by atoms with E-state index >= 15 is 0 Å². The molecular weight excluding hydrogens is 431 g/mol. The van der Waals surface area contributed by atoms with Crippen LogP contribution in [-0.4, -0.2) is 46.0 Å². The first-order valence-electron chi connectivity index (χ1n) is 10.0. The predicted octanol–water partition coefficient (Wildman–Crippen LogP) is 2.96. The molecule has 0 radical (unpaired) electrons. The Balaban J connectivity index is 1.65. The van der Waals surface area contributed by atoms with Crippen LogP contribution in [0.1, 0.15) is 0 Å². The van der Waals surface area contributed by atoms with Gasteiger partial charge in [0.15, 0.2) is 23.1 Å². The number of halogens is 1. The summed E-state index contributed by atoms with van der Waals surface area (Å²) in [4.78, 5) is 21.8. The highest BCUT2D eigenvalue weighted by Gasteiger charge is 2.21. The highest BCUT2D eigenvalue weighted by molar-refractivity contribution is 5.87. The van der Waals surface area contributed by atoms with Gasteiger partial charge in [-0.05, 0) is 30.3 Å². The van der Waals surface area contributed by atoms with Crippen LogP contribution in [0, 0.1) is 5.82 Å². The third-order valence-electron chi connectivity index (χ3n) is 5.14. The zero-order valence-corrected chi connectivity index (χ0v) is 17.6. The fraction of sp³-hybridized carbons (Fsp3) is 0.182. The molecule has 0 aliphatic carbocycles. The smallest absolute Gasteiger partial charge is 0.327 e. The Hall–Kier alpha value is -4.41. The number of ether oxygens (including phenoxy) is 3. The molecule has 0 unspecified atom stereocenters. The van der Waals surface area contributed by atoms with Gasteiger partial charge in [-0.25, -0.2) is 9.37 Å². The lowest BCUT2D eigenvalue weighted by atomic mass is 10.2. The van der Waals surface area contributed by atoms with Crippen LogP contribution in [0.25, 0.3) is 10.9 Å². The number of nitrogens with zero attached hydrogens (tertiary/aromatic N) is 5. The highest BCUT2D eigenvalue weighted by Crippen LogP contribution is 2.40. The minimum atomic E-state index is -0.715. The molecule has 168 valence electrons. The molecule has 1 aliphatic heterocycles. The van der Waals surface area contributed by atoms with Gasteiger partial charge in [-0.15, -0.1) is 0 Å². The number of nitrogen functional groups attached to an aromatic ring is 1. The number of benzene rings is 2. The second kappa shape index (κ2) is 8.26. The molecule has 2 N–H and O–H groups in total. The lowest BCUT2D eigenvalue weighted by molar-refractivity contribution is -0.141. The number of methoxy groups -OCH3 is 1. The van der Waals surface area contributed by atoms with E-state index in [4.69, 9.17) is 19.9 Å². The largest absolute Gasteiger partial charge is 0.486 e. The zero-order chi connectivity index (χ0) is 22.9. The first-order chi connectivity index (χ1) is 16.0. The number of carbonyl (C=O) groups excluding carboxylic acids is 1. The standard InChI is InChI=1S/C22H19FN6O4/c1-31-20(30)12-28-17-8-14(3-2-13(17)10-26-28)29(22-25-11-16(23)21(24)27-22)15-4-5-18-19(9-15)33-7-6-32-18/h2-5,8-11H,6-7,12H2,1H3,(H2,24,25,27). The molecule has 11 heteroatoms. The van der Waals surface area contributed by atoms with Gasteiger partial charge in [-0.3, -0.25) is 14.4 Å². The lowest BCUT2D eigenvalue weighted by Crippen LogP contribution is -2.18. The topological polar surface area (TPSA) is 118 Å². The third-order valence-corrected chi connectivity index (χ3v) is 5.14. The summed E-state index contributed by atoms with van der Waals surface area (Å²) in [7, 11) is 1.32. The van der Waals surface area contributed by atoms with E-state index in [9.17, 15) is 9.18 Å². The maximum absolute atomic E-state index is 13.8. The Morgan fingerprint density at radius 1 is 1.15 bits per heavy atom. The van der Waals surface area contributed by atoms with E-state index in [-0.39, 0.29) is 18.3 Å². The maximum atomic E-state index is 13.8. The number of carbonyl (C=O) groups is 1. The van der Waals surface area contributed by atoms with Crippen LogP contribution in [-0.2, 0) is 16.1 Å². The Kier molecular flexibility index (Phi) is 5.13. The Labute approximate surface area is 187 Å². The lowest BCUT2D eigenvalue weighted by Gasteiger charge is -2.25. The molecule has 0 atom stereocenters. The molecule has 3 heterocycles. The molecule has 33 heavy (non-hydrogen) atoms. The Morgan fingerprint density at radius 3 is 2.70 bits per heavy atom. The van der Waals surface area contributed by atoms with Crippen LogP contribution < -0.4 is 20.1 Å². The molecule has 0 bridgehead atoms. The normalized spacial score (nSPS) is 12.5. The minimum Gasteiger partial charge on any atom is -0.486 e. The van der Waals surface area contributed by atoms with Crippen LogP contribution in [0.4, 0.5) is 27.5 Å². The summed E-state index contributed by atoms with van der Waals surface area (Å²) in [6.07, 6.45) is 2.67. The monoisotopic (exact) mass is 450 g/mol. The van der Waals surface area contributed by atoms with Gasteiger partial charge in [0.25, 0.3) is 0 Å². The predicted molar refractivity (Wildman–Crippen MR) is 117 cm³/mol. The molecule has 0 saturated carbocycles. The molecule has 1 aliphatic rings. The number of hydrogen-bond acceptors (Lipinski definition) is 9. The van der Waals surface area contributed by atoms with E-state index in [0.717, 1.165) is 11.6 Å². The van der Waals surface area contributed by atoms with Crippen molar-refractivity contribution < 1.29 is 23.4 Å². The van der Waals surface area contributed by atoms with Crippen molar-refractivity contribution in [1.82, 2.24) is 19.7 Å². The van der Waals surface area contributed by atoms with Crippen molar-refractivity contribution in [1.29, 1.82) is 0 Å². The quantitative estimate of drug-likeness (QED) is 0.458. The fourth-order valence-corrected chi connectivity index (χ4v) is 3.54. The molecule has 0 saturated heterocycles. The number of hydrogen-bond donors (Lipinski definition) is 1. The van der Waals surface area contributed by atoms with Crippen LogP contribution in [0.15, 0.2) is 48.8 Å². The molecule has 2 aromatic heterocycles. The third kappa shape index (κ3) is 3.84. The summed E-state index contributed by atoms with van der Waals surface area (Å²) < 4.78 is 31.4. The van der Waals surface area contributed by atoms with Gasteiger partial charge >= 0.3 is 5.97 Å². The number of aromatic nitrogens is 4. The van der Waals surface area contributed by atoms with E-state index in [1.165, 1.54) is 11.8 Å². The summed E-state index contributed by atoms with van der Waals surface area (Å²) in [5, 5.41) is 5.10. The first kappa shape index (κ1) is 20.5. The van der Waals surface area contributed by atoms with Crippen molar-refractivity contribution >= 4 is 40.0 Å². The van der Waals surface area contributed by atoms with Crippen LogP contribution in [0.2, 0.25) is 0 Å². The van der Waals surface area contributed by atoms with Crippen molar-refractivity contribution in [3.63, 3.8) is 0 Å². The van der Waals surface area contributed by atoms with Gasteiger partial charge < -0.3 is 19.9 Å². The Bertz CT molecular complexity index is 1360. The van der Waals surface area contributed by atoms with Gasteiger partial charge in [-0.2, -0.15) is 10.1 Å². The van der Waals surface area contributed by atoms with E-state index in [1.807, 2.05) is 24.3 Å². The van der Waals surface area contributed by atoms with Gasteiger partial charge in [0.2, 0.25) is 5.95 Å². The number of nitrogens with two attached hydrogens (primary N) is 1. The van der Waals surface area contributed by atoms with Gasteiger partial charge in [-0.1, -0.05) is 0 Å². The number of fused-ring (bicyclic) bond motifs is 2. The minimum absolute atomic E-state index is 0.0481. The molecule has 5 rings (SSSR count). The summed E-state index contributed by atoms with van der Waals surface area (Å²) in [6.45, 7) is 0.844. The summed E-state index contributed by atoms with van der Waals surface area (Å²) in [6, 6.07) is 10.9. The van der Waals surface area contributed by atoms with Gasteiger partial charge in [0, 0.05) is 11.5 Å². The molecule has 2 aromatic carbocycles. The van der Waals surface area contributed by atoms with Crippen LogP contribution in [0.3, 0.4) is 0 Å². The maximum Gasteiger partial charge on any atom is 0.327 e. The van der Waals surface area contributed by atoms with Gasteiger partial charge in [0.05, 0.1) is 36.4 Å². The molecular formula is C22H19FN6O4. The Morgan fingerprint density at radius 2 is 1.91 bits per heavy atom. The van der Waals surface area contributed by atoms with E-state index in [1.54, 1.807) is 23.2 Å². The fourth-order valence-electron chi connectivity index (χ4n) is 3.54. The summed E-state index contributed by atoms with van der Waals surface area (Å²) >= 11 is 0. The number of esters is 1. The molecule has 4 aromatic rings.